The molecule has 2 bridgehead atoms. The first-order chi connectivity index (χ1) is 15.8. The fourth-order valence-corrected chi connectivity index (χ4v) is 6.28. The van der Waals surface area contributed by atoms with Crippen molar-refractivity contribution in [1.29, 1.82) is 0 Å². The summed E-state index contributed by atoms with van der Waals surface area (Å²) in [5, 5.41) is 9.67. The molecule has 11 heteroatoms. The minimum Gasteiger partial charge on any atom is -0.496 e. The molecule has 2 aliphatic heterocycles. The number of rotatable bonds is 5. The Morgan fingerprint density at radius 2 is 2.09 bits per heavy atom. The highest BCUT2D eigenvalue weighted by Crippen LogP contribution is 2.41. The molecule has 9 nitrogen and oxygen atoms in total. The topological polar surface area (TPSA) is 125 Å². The molecule has 0 radical (unpaired) electrons. The Kier molecular flexibility index (Phi) is 5.09. The van der Waals surface area contributed by atoms with E-state index in [0.29, 0.717) is 36.2 Å². The lowest BCUT2D eigenvalue weighted by Gasteiger charge is -2.32. The van der Waals surface area contributed by atoms with E-state index in [0.717, 1.165) is 22.2 Å². The lowest BCUT2D eigenvalue weighted by molar-refractivity contribution is 0.199. The summed E-state index contributed by atoms with van der Waals surface area (Å²) in [5.74, 6) is 0.155. The third-order valence-corrected chi connectivity index (χ3v) is 7.71. The predicted molar refractivity (Wildman–Crippen MR) is 119 cm³/mol. The van der Waals surface area contributed by atoms with Crippen LogP contribution in [0.2, 0.25) is 0 Å². The van der Waals surface area contributed by atoms with Crippen LogP contribution in [0, 0.1) is 5.82 Å². The molecule has 1 fully saturated rings. The Morgan fingerprint density at radius 3 is 2.82 bits per heavy atom. The first-order valence-corrected chi connectivity index (χ1v) is 11.8. The van der Waals surface area contributed by atoms with Gasteiger partial charge in [0, 0.05) is 34.9 Å². The third kappa shape index (κ3) is 3.72. The number of hydrogen-bond acceptors (Lipinski definition) is 5. The molecule has 1 aromatic carbocycles. The standard InChI is InChI=1S/C22H21FN4O5S/c1-32-20-5-2-13(23)10-17(20)16-6-7-24-21-18(16)11-19(25-21)12-8-14-3-4-15(9-12)27(14)33(30,31)26-22(28)29/h2,5-8,10-11,14-15,26H,3-4,9H2,1H3,(H,24,25)(H,28,29). The molecule has 3 aromatic rings. The van der Waals surface area contributed by atoms with Crippen LogP contribution in [-0.4, -0.2) is 53.1 Å². The highest BCUT2D eigenvalue weighted by atomic mass is 32.2. The van der Waals surface area contributed by atoms with Crippen LogP contribution in [0.1, 0.15) is 25.0 Å². The number of hydrogen-bond donors (Lipinski definition) is 3. The van der Waals surface area contributed by atoms with E-state index in [1.165, 1.54) is 23.5 Å². The van der Waals surface area contributed by atoms with Gasteiger partial charge in [-0.2, -0.15) is 12.7 Å². The Bertz CT molecular complexity index is 1400. The minimum absolute atomic E-state index is 0.339. The van der Waals surface area contributed by atoms with Crippen LogP contribution in [0.4, 0.5) is 9.18 Å². The first kappa shape index (κ1) is 21.4. The second kappa shape index (κ2) is 7.85. The number of methoxy groups -OCH3 is 1. The van der Waals surface area contributed by atoms with E-state index in [9.17, 15) is 17.6 Å². The number of fused-ring (bicyclic) bond motifs is 3. The minimum atomic E-state index is -4.14. The van der Waals surface area contributed by atoms with Crippen LogP contribution in [-0.2, 0) is 10.2 Å². The number of pyridine rings is 1. The van der Waals surface area contributed by atoms with Crippen molar-refractivity contribution in [2.75, 3.05) is 7.11 Å². The highest BCUT2D eigenvalue weighted by Gasteiger charge is 2.44. The van der Waals surface area contributed by atoms with Crippen molar-refractivity contribution in [3.05, 3.63) is 54.1 Å². The molecule has 33 heavy (non-hydrogen) atoms. The molecule has 1 saturated heterocycles. The lowest BCUT2D eigenvalue weighted by atomic mass is 9.99. The second-order valence-corrected chi connectivity index (χ2v) is 9.66. The summed E-state index contributed by atoms with van der Waals surface area (Å²) in [6.45, 7) is 0. The summed E-state index contributed by atoms with van der Waals surface area (Å²) in [6.07, 6.45) is 3.56. The third-order valence-electron chi connectivity index (χ3n) is 6.15. The van der Waals surface area contributed by atoms with Gasteiger partial charge in [0.1, 0.15) is 17.2 Å². The SMILES string of the molecule is COc1ccc(F)cc1-c1ccnc2[nH]c(C3=CC4CCC(C3)N4S(=O)(=O)NC(=O)O)cc12. The number of halogens is 1. The summed E-state index contributed by atoms with van der Waals surface area (Å²) >= 11 is 0. The first-order valence-electron chi connectivity index (χ1n) is 10.3. The number of nitrogens with zero attached hydrogens (tertiary/aromatic N) is 2. The molecule has 2 aromatic heterocycles. The number of amides is 1. The number of aromatic nitrogens is 2. The van der Waals surface area contributed by atoms with Gasteiger partial charge in [-0.3, -0.25) is 0 Å². The molecule has 0 saturated carbocycles. The number of ether oxygens (including phenoxy) is 1. The van der Waals surface area contributed by atoms with E-state index in [-0.39, 0.29) is 11.9 Å². The second-order valence-electron chi connectivity index (χ2n) is 8.09. The zero-order valence-electron chi connectivity index (χ0n) is 17.6. The van der Waals surface area contributed by atoms with Gasteiger partial charge in [-0.15, -0.1) is 0 Å². The summed E-state index contributed by atoms with van der Waals surface area (Å²) in [5.41, 5.74) is 3.70. The van der Waals surface area contributed by atoms with Crippen LogP contribution >= 0.6 is 0 Å². The van der Waals surface area contributed by atoms with Crippen molar-refractivity contribution >= 4 is 32.9 Å². The number of carboxylic acid groups (broad SMARTS) is 1. The van der Waals surface area contributed by atoms with Crippen molar-refractivity contribution in [2.24, 2.45) is 0 Å². The van der Waals surface area contributed by atoms with Gasteiger partial charge in [-0.05, 0) is 60.7 Å². The highest BCUT2D eigenvalue weighted by molar-refractivity contribution is 7.87. The van der Waals surface area contributed by atoms with E-state index in [4.69, 9.17) is 9.84 Å². The smallest absolute Gasteiger partial charge is 0.419 e. The Morgan fingerprint density at radius 1 is 1.27 bits per heavy atom. The number of H-pyrrole nitrogens is 1. The Balaban J connectivity index is 1.54. The molecular formula is C22H21FN4O5S. The number of nitrogens with one attached hydrogen (secondary N) is 2. The zero-order valence-corrected chi connectivity index (χ0v) is 18.4. The quantitative estimate of drug-likeness (QED) is 0.522. The van der Waals surface area contributed by atoms with Crippen molar-refractivity contribution in [3.8, 4) is 16.9 Å². The van der Waals surface area contributed by atoms with Gasteiger partial charge < -0.3 is 14.8 Å². The van der Waals surface area contributed by atoms with Gasteiger partial charge in [0.2, 0.25) is 0 Å². The van der Waals surface area contributed by atoms with Crippen molar-refractivity contribution in [1.82, 2.24) is 19.0 Å². The van der Waals surface area contributed by atoms with Gasteiger partial charge in [-0.1, -0.05) is 6.08 Å². The molecule has 2 aliphatic rings. The Labute approximate surface area is 189 Å². The average Bonchev–Trinajstić information content (AvgIpc) is 3.32. The van der Waals surface area contributed by atoms with Crippen molar-refractivity contribution in [2.45, 2.75) is 31.3 Å². The summed E-state index contributed by atoms with van der Waals surface area (Å²) in [7, 11) is -2.61. The molecule has 1 amide bonds. The van der Waals surface area contributed by atoms with Crippen LogP contribution in [0.5, 0.6) is 5.75 Å². The average molecular weight is 472 g/mol. The molecule has 2 unspecified atom stereocenters. The van der Waals surface area contributed by atoms with Crippen LogP contribution in [0.3, 0.4) is 0 Å². The van der Waals surface area contributed by atoms with Crippen LogP contribution in [0.25, 0.3) is 27.7 Å². The van der Waals surface area contributed by atoms with Gasteiger partial charge in [0.15, 0.2) is 0 Å². The molecule has 0 aliphatic carbocycles. The van der Waals surface area contributed by atoms with Crippen LogP contribution in [0.15, 0.2) is 42.6 Å². The predicted octanol–water partition coefficient (Wildman–Crippen LogP) is 3.51. The maximum absolute atomic E-state index is 14.0. The summed E-state index contributed by atoms with van der Waals surface area (Å²) in [4.78, 5) is 18.6. The zero-order chi connectivity index (χ0) is 23.3. The van der Waals surface area contributed by atoms with E-state index in [1.807, 2.05) is 12.1 Å². The molecule has 0 spiro atoms. The molecular weight excluding hydrogens is 451 g/mol. The normalized spacial score (nSPS) is 20.6. The molecule has 172 valence electrons. The lowest BCUT2D eigenvalue weighted by Crippen LogP contribution is -2.49. The fraction of sp³-hybridized carbons (Fsp3) is 0.273. The van der Waals surface area contributed by atoms with Crippen LogP contribution < -0.4 is 9.46 Å². The summed E-state index contributed by atoms with van der Waals surface area (Å²) < 4.78 is 47.2. The maximum atomic E-state index is 14.0. The van der Waals surface area contributed by atoms with E-state index >= 15 is 0 Å². The number of aromatic amines is 1. The Hall–Kier alpha value is -3.44. The number of carbonyl (C=O) groups is 1. The monoisotopic (exact) mass is 472 g/mol. The number of benzene rings is 1. The van der Waals surface area contributed by atoms with Gasteiger partial charge in [0.25, 0.3) is 0 Å². The van der Waals surface area contributed by atoms with Crippen molar-refractivity contribution < 1.29 is 27.4 Å². The maximum Gasteiger partial charge on any atom is 0.419 e. The van der Waals surface area contributed by atoms with E-state index < -0.39 is 22.3 Å². The van der Waals surface area contributed by atoms with E-state index in [2.05, 4.69) is 9.97 Å². The summed E-state index contributed by atoms with van der Waals surface area (Å²) in [6, 6.07) is 7.27. The molecule has 3 N–H and O–H groups in total. The molecule has 5 rings (SSSR count). The molecule has 2 atom stereocenters. The van der Waals surface area contributed by atoms with Gasteiger partial charge in [0.05, 0.1) is 7.11 Å². The van der Waals surface area contributed by atoms with E-state index in [1.54, 1.807) is 23.1 Å². The largest absolute Gasteiger partial charge is 0.496 e. The molecule has 4 heterocycles. The van der Waals surface area contributed by atoms with Gasteiger partial charge in [-0.25, -0.2) is 18.9 Å². The fourth-order valence-electron chi connectivity index (χ4n) is 4.85. The van der Waals surface area contributed by atoms with Crippen molar-refractivity contribution in [3.63, 3.8) is 0 Å². The van der Waals surface area contributed by atoms with Gasteiger partial charge >= 0.3 is 16.3 Å².